The van der Waals surface area contributed by atoms with Crippen molar-refractivity contribution in [3.63, 3.8) is 0 Å². The van der Waals surface area contributed by atoms with E-state index in [1.807, 2.05) is 17.0 Å². The molecule has 0 spiro atoms. The van der Waals surface area contributed by atoms with Crippen LogP contribution in [0.2, 0.25) is 0 Å². The molecule has 2 aromatic carbocycles. The third-order valence-electron chi connectivity index (χ3n) is 4.37. The lowest BCUT2D eigenvalue weighted by molar-refractivity contribution is 0.0790. The maximum Gasteiger partial charge on any atom is 0.254 e. The monoisotopic (exact) mass is 295 g/mol. The minimum Gasteiger partial charge on any atom is -0.454 e. The summed E-state index contributed by atoms with van der Waals surface area (Å²) in [5.41, 5.74) is 1.97. The molecule has 22 heavy (non-hydrogen) atoms. The van der Waals surface area contributed by atoms with E-state index in [1.165, 1.54) is 5.56 Å². The van der Waals surface area contributed by atoms with Gasteiger partial charge in [0.1, 0.15) is 0 Å². The van der Waals surface area contributed by atoms with Crippen molar-refractivity contribution in [1.29, 1.82) is 0 Å². The first-order valence-electron chi connectivity index (χ1n) is 7.55. The smallest absolute Gasteiger partial charge is 0.254 e. The highest BCUT2D eigenvalue weighted by Crippen LogP contribution is 2.34. The fourth-order valence-electron chi connectivity index (χ4n) is 3.15. The highest BCUT2D eigenvalue weighted by atomic mass is 16.7. The van der Waals surface area contributed by atoms with Gasteiger partial charge in [0, 0.05) is 24.6 Å². The number of amides is 1. The van der Waals surface area contributed by atoms with Gasteiger partial charge in [0.05, 0.1) is 0 Å². The summed E-state index contributed by atoms with van der Waals surface area (Å²) in [4.78, 5) is 14.6. The van der Waals surface area contributed by atoms with Gasteiger partial charge in [-0.25, -0.2) is 0 Å². The topological polar surface area (TPSA) is 38.8 Å². The quantitative estimate of drug-likeness (QED) is 0.855. The van der Waals surface area contributed by atoms with Crippen molar-refractivity contribution >= 4 is 5.91 Å². The van der Waals surface area contributed by atoms with Crippen molar-refractivity contribution in [3.05, 3.63) is 59.7 Å². The Hall–Kier alpha value is -2.49. The highest BCUT2D eigenvalue weighted by molar-refractivity contribution is 5.95. The number of ether oxygens (including phenoxy) is 2. The minimum absolute atomic E-state index is 0.0664. The molecule has 0 saturated carbocycles. The summed E-state index contributed by atoms with van der Waals surface area (Å²) >= 11 is 0. The fourth-order valence-corrected chi connectivity index (χ4v) is 3.15. The van der Waals surface area contributed by atoms with E-state index in [9.17, 15) is 4.79 Å². The lowest BCUT2D eigenvalue weighted by atomic mass is 9.99. The normalized spacial score (nSPS) is 19.5. The summed E-state index contributed by atoms with van der Waals surface area (Å²) in [7, 11) is 0. The van der Waals surface area contributed by atoms with E-state index in [0.717, 1.165) is 19.5 Å². The Bertz CT molecular complexity index is 699. The van der Waals surface area contributed by atoms with Crippen molar-refractivity contribution in [3.8, 4) is 11.5 Å². The molecule has 1 fully saturated rings. The summed E-state index contributed by atoms with van der Waals surface area (Å²) in [5, 5.41) is 0. The molecule has 1 amide bonds. The molecule has 0 bridgehead atoms. The highest BCUT2D eigenvalue weighted by Gasteiger charge is 2.28. The van der Waals surface area contributed by atoms with Gasteiger partial charge in [-0.2, -0.15) is 0 Å². The molecule has 4 rings (SSSR count). The van der Waals surface area contributed by atoms with Crippen molar-refractivity contribution in [2.45, 2.75) is 12.3 Å². The zero-order valence-electron chi connectivity index (χ0n) is 12.2. The summed E-state index contributed by atoms with van der Waals surface area (Å²) < 4.78 is 10.6. The van der Waals surface area contributed by atoms with Crippen molar-refractivity contribution in [1.82, 2.24) is 4.90 Å². The van der Waals surface area contributed by atoms with E-state index in [1.54, 1.807) is 12.1 Å². The van der Waals surface area contributed by atoms with E-state index >= 15 is 0 Å². The van der Waals surface area contributed by atoms with Crippen molar-refractivity contribution in [2.24, 2.45) is 0 Å². The molecule has 0 aromatic heterocycles. The molecule has 1 unspecified atom stereocenters. The summed E-state index contributed by atoms with van der Waals surface area (Å²) in [6.07, 6.45) is 1.01. The third-order valence-corrected chi connectivity index (χ3v) is 4.37. The lowest BCUT2D eigenvalue weighted by Gasteiger charge is -2.17. The van der Waals surface area contributed by atoms with E-state index in [2.05, 4.69) is 24.3 Å². The lowest BCUT2D eigenvalue weighted by Crippen LogP contribution is -2.28. The molecule has 2 aromatic rings. The van der Waals surface area contributed by atoms with Crippen LogP contribution in [0.4, 0.5) is 0 Å². The second-order valence-electron chi connectivity index (χ2n) is 5.72. The van der Waals surface area contributed by atoms with Gasteiger partial charge in [0.15, 0.2) is 11.5 Å². The van der Waals surface area contributed by atoms with Gasteiger partial charge in [0.25, 0.3) is 5.91 Å². The average Bonchev–Trinajstić information content (AvgIpc) is 3.23. The van der Waals surface area contributed by atoms with Crippen LogP contribution in [0.1, 0.15) is 28.3 Å². The maximum absolute atomic E-state index is 12.7. The van der Waals surface area contributed by atoms with Crippen LogP contribution in [-0.2, 0) is 0 Å². The zero-order chi connectivity index (χ0) is 14.9. The predicted octanol–water partition coefficient (Wildman–Crippen LogP) is 3.05. The van der Waals surface area contributed by atoms with Crippen LogP contribution >= 0.6 is 0 Å². The number of hydrogen-bond donors (Lipinski definition) is 0. The summed E-state index contributed by atoms with van der Waals surface area (Å²) in [6, 6.07) is 15.8. The number of benzene rings is 2. The molecule has 4 nitrogen and oxygen atoms in total. The predicted molar refractivity (Wildman–Crippen MR) is 82.3 cm³/mol. The molecule has 4 heteroatoms. The number of likely N-dealkylation sites (tertiary alicyclic amines) is 1. The SMILES string of the molecule is O=C(c1ccc2c(c1)OCO2)N1CCC(c2ccccc2)C1. The Morgan fingerprint density at radius 3 is 2.73 bits per heavy atom. The largest absolute Gasteiger partial charge is 0.454 e. The first-order valence-corrected chi connectivity index (χ1v) is 7.55. The molecule has 0 radical (unpaired) electrons. The second kappa shape index (κ2) is 5.37. The first-order chi connectivity index (χ1) is 10.8. The fraction of sp³-hybridized carbons (Fsp3) is 0.278. The molecular formula is C18H17NO3. The van der Waals surface area contributed by atoms with E-state index in [4.69, 9.17) is 9.47 Å². The van der Waals surface area contributed by atoms with E-state index in [-0.39, 0.29) is 12.7 Å². The van der Waals surface area contributed by atoms with Gasteiger partial charge in [-0.1, -0.05) is 30.3 Å². The van der Waals surface area contributed by atoms with Crippen LogP contribution in [0.3, 0.4) is 0 Å². The number of rotatable bonds is 2. The van der Waals surface area contributed by atoms with Crippen LogP contribution in [0.5, 0.6) is 11.5 Å². The average molecular weight is 295 g/mol. The molecule has 2 aliphatic rings. The Labute approximate surface area is 129 Å². The molecule has 1 atom stereocenters. The Morgan fingerprint density at radius 1 is 1.05 bits per heavy atom. The molecule has 2 heterocycles. The van der Waals surface area contributed by atoms with Crippen LogP contribution in [0.25, 0.3) is 0 Å². The van der Waals surface area contributed by atoms with Crippen molar-refractivity contribution < 1.29 is 14.3 Å². The van der Waals surface area contributed by atoms with E-state index in [0.29, 0.717) is 23.0 Å². The first kappa shape index (κ1) is 13.2. The summed E-state index contributed by atoms with van der Waals surface area (Å²) in [6.45, 7) is 1.80. The minimum atomic E-state index is 0.0664. The molecule has 1 saturated heterocycles. The van der Waals surface area contributed by atoms with Crippen LogP contribution in [-0.4, -0.2) is 30.7 Å². The van der Waals surface area contributed by atoms with E-state index < -0.39 is 0 Å². The van der Waals surface area contributed by atoms with Crippen LogP contribution < -0.4 is 9.47 Å². The number of carbonyl (C=O) groups excluding carboxylic acids is 1. The molecule has 2 aliphatic heterocycles. The Balaban J connectivity index is 1.50. The van der Waals surface area contributed by atoms with Gasteiger partial charge in [-0.15, -0.1) is 0 Å². The van der Waals surface area contributed by atoms with Gasteiger partial charge in [-0.3, -0.25) is 4.79 Å². The number of nitrogens with zero attached hydrogens (tertiary/aromatic N) is 1. The zero-order valence-corrected chi connectivity index (χ0v) is 12.2. The molecule has 0 aliphatic carbocycles. The van der Waals surface area contributed by atoms with Crippen LogP contribution in [0, 0.1) is 0 Å². The van der Waals surface area contributed by atoms with Gasteiger partial charge in [0.2, 0.25) is 6.79 Å². The van der Waals surface area contributed by atoms with Gasteiger partial charge in [-0.05, 0) is 30.2 Å². The standard InChI is InChI=1S/C18H17NO3/c20-18(14-6-7-16-17(10-14)22-12-21-16)19-9-8-15(11-19)13-4-2-1-3-5-13/h1-7,10,15H,8-9,11-12H2. The molecule has 0 N–H and O–H groups in total. The Kier molecular flexibility index (Phi) is 3.22. The number of fused-ring (bicyclic) bond motifs is 1. The maximum atomic E-state index is 12.7. The second-order valence-corrected chi connectivity index (χ2v) is 5.72. The van der Waals surface area contributed by atoms with Gasteiger partial charge < -0.3 is 14.4 Å². The third kappa shape index (κ3) is 2.30. The van der Waals surface area contributed by atoms with Gasteiger partial charge >= 0.3 is 0 Å². The molecule has 112 valence electrons. The molecular weight excluding hydrogens is 278 g/mol. The number of carbonyl (C=O) groups is 1. The van der Waals surface area contributed by atoms with Crippen molar-refractivity contribution in [2.75, 3.05) is 19.9 Å². The number of hydrogen-bond acceptors (Lipinski definition) is 3. The summed E-state index contributed by atoms with van der Waals surface area (Å²) in [5.74, 6) is 1.86. The van der Waals surface area contributed by atoms with Crippen LogP contribution in [0.15, 0.2) is 48.5 Å². The Morgan fingerprint density at radius 2 is 1.86 bits per heavy atom.